The lowest BCUT2D eigenvalue weighted by atomic mass is 9.72. The number of nitrogens with one attached hydrogen (secondary N) is 3. The number of anilines is 3. The van der Waals surface area contributed by atoms with Gasteiger partial charge in [-0.15, -0.1) is 0 Å². The van der Waals surface area contributed by atoms with Gasteiger partial charge in [0.15, 0.2) is 0 Å². The molecule has 2 aliphatic rings. The highest BCUT2D eigenvalue weighted by Crippen LogP contribution is 2.46. The van der Waals surface area contributed by atoms with Crippen molar-refractivity contribution < 1.29 is 9.59 Å². The molecule has 0 aromatic heterocycles. The summed E-state index contributed by atoms with van der Waals surface area (Å²) in [5.41, 5.74) is 4.24. The molecule has 2 aliphatic heterocycles. The largest absolute Gasteiger partial charge is 0.343 e. The van der Waals surface area contributed by atoms with E-state index in [0.29, 0.717) is 22.9 Å². The predicted octanol–water partition coefficient (Wildman–Crippen LogP) is 5.34. The second-order valence-electron chi connectivity index (χ2n) is 8.41. The van der Waals surface area contributed by atoms with Crippen LogP contribution in [-0.2, 0) is 22.6 Å². The molecule has 0 aliphatic carbocycles. The van der Waals surface area contributed by atoms with Crippen molar-refractivity contribution in [2.24, 2.45) is 10.4 Å². The third-order valence-corrected chi connectivity index (χ3v) is 7.13. The van der Waals surface area contributed by atoms with Gasteiger partial charge in [0.25, 0.3) is 0 Å². The number of aliphatic imine (C=N–C) groups is 1. The summed E-state index contributed by atoms with van der Waals surface area (Å²) in [7, 11) is 0. The van der Waals surface area contributed by atoms with Gasteiger partial charge < -0.3 is 16.0 Å². The van der Waals surface area contributed by atoms with Crippen LogP contribution >= 0.6 is 23.4 Å². The Balaban J connectivity index is 1.72. The molecular weight excluding hydrogens is 444 g/mol. The Hall–Kier alpha value is -2.51. The summed E-state index contributed by atoms with van der Waals surface area (Å²) in [4.78, 5) is 28.5. The molecule has 1 saturated heterocycles. The smallest absolute Gasteiger partial charge is 0.221 e. The fourth-order valence-corrected chi connectivity index (χ4v) is 5.88. The number of fused-ring (bicyclic) bond motifs is 1. The summed E-state index contributed by atoms with van der Waals surface area (Å²) in [6, 6.07) is 11.7. The molecule has 0 unspecified atom stereocenters. The molecule has 0 saturated carbocycles. The Morgan fingerprint density at radius 2 is 1.78 bits per heavy atom. The first-order valence-corrected chi connectivity index (χ1v) is 12.2. The van der Waals surface area contributed by atoms with Crippen LogP contribution in [0.2, 0.25) is 5.02 Å². The van der Waals surface area contributed by atoms with E-state index in [2.05, 4.69) is 16.0 Å². The van der Waals surface area contributed by atoms with Gasteiger partial charge in [0, 0.05) is 30.0 Å². The Morgan fingerprint density at radius 1 is 1.09 bits per heavy atom. The molecule has 2 amide bonds. The first-order chi connectivity index (χ1) is 15.3. The molecule has 0 bridgehead atoms. The normalized spacial score (nSPS) is 18.0. The lowest BCUT2D eigenvalue weighted by Crippen LogP contribution is -2.44. The Labute approximate surface area is 197 Å². The second-order valence-corrected chi connectivity index (χ2v) is 10.1. The number of carbonyl (C=O) groups excluding carboxylic acids is 2. The zero-order valence-corrected chi connectivity index (χ0v) is 19.8. The third-order valence-electron chi connectivity index (χ3n) is 5.91. The van der Waals surface area contributed by atoms with Gasteiger partial charge in [0.1, 0.15) is 5.84 Å². The summed E-state index contributed by atoms with van der Waals surface area (Å²) in [5.74, 6) is 2.81. The van der Waals surface area contributed by atoms with E-state index in [-0.39, 0.29) is 17.2 Å². The lowest BCUT2D eigenvalue weighted by Gasteiger charge is -2.42. The predicted molar refractivity (Wildman–Crippen MR) is 134 cm³/mol. The minimum atomic E-state index is -0.192. The SMILES string of the molecule is CC(=O)Nc1cc2c(cc1NC(C)=O)NC(=NCc1cccc(Cl)c1)C1(CCSCC1)C2. The first-order valence-electron chi connectivity index (χ1n) is 10.7. The average Bonchev–Trinajstić information content (AvgIpc) is 2.73. The van der Waals surface area contributed by atoms with Crippen molar-refractivity contribution in [2.75, 3.05) is 27.5 Å². The monoisotopic (exact) mass is 470 g/mol. The van der Waals surface area contributed by atoms with Gasteiger partial charge in [-0.2, -0.15) is 11.8 Å². The van der Waals surface area contributed by atoms with Crippen LogP contribution in [0.4, 0.5) is 17.1 Å². The molecule has 2 heterocycles. The Morgan fingerprint density at radius 3 is 2.44 bits per heavy atom. The molecule has 0 atom stereocenters. The highest BCUT2D eigenvalue weighted by molar-refractivity contribution is 7.99. The minimum absolute atomic E-state index is 0.0557. The van der Waals surface area contributed by atoms with E-state index in [1.165, 1.54) is 13.8 Å². The molecule has 4 rings (SSSR count). The van der Waals surface area contributed by atoms with Crippen LogP contribution in [0.3, 0.4) is 0 Å². The fraction of sp³-hybridized carbons (Fsp3) is 0.375. The zero-order chi connectivity index (χ0) is 22.7. The van der Waals surface area contributed by atoms with Crippen molar-refractivity contribution in [3.63, 3.8) is 0 Å². The summed E-state index contributed by atoms with van der Waals surface area (Å²) in [5, 5.41) is 9.97. The summed E-state index contributed by atoms with van der Waals surface area (Å²) < 4.78 is 0. The van der Waals surface area contributed by atoms with E-state index in [0.717, 1.165) is 53.4 Å². The molecule has 0 radical (unpaired) electrons. The quantitative estimate of drug-likeness (QED) is 0.563. The molecule has 168 valence electrons. The van der Waals surface area contributed by atoms with Crippen LogP contribution in [0.25, 0.3) is 0 Å². The number of benzene rings is 2. The number of hydrogen-bond acceptors (Lipinski definition) is 4. The summed E-state index contributed by atoms with van der Waals surface area (Å²) in [6.45, 7) is 3.47. The van der Waals surface area contributed by atoms with Crippen molar-refractivity contribution in [2.45, 2.75) is 39.7 Å². The van der Waals surface area contributed by atoms with Gasteiger partial charge in [-0.3, -0.25) is 14.6 Å². The number of nitrogens with zero attached hydrogens (tertiary/aromatic N) is 1. The van der Waals surface area contributed by atoms with Crippen LogP contribution in [-0.4, -0.2) is 29.2 Å². The minimum Gasteiger partial charge on any atom is -0.343 e. The lowest BCUT2D eigenvalue weighted by molar-refractivity contribution is -0.115. The Bertz CT molecular complexity index is 1080. The van der Waals surface area contributed by atoms with Crippen LogP contribution in [0.5, 0.6) is 0 Å². The van der Waals surface area contributed by atoms with Crippen molar-refractivity contribution in [1.82, 2.24) is 0 Å². The van der Waals surface area contributed by atoms with Gasteiger partial charge in [0.2, 0.25) is 11.8 Å². The topological polar surface area (TPSA) is 82.6 Å². The number of rotatable bonds is 4. The van der Waals surface area contributed by atoms with Crippen LogP contribution in [0.15, 0.2) is 41.4 Å². The number of amides is 2. The fourth-order valence-electron chi connectivity index (χ4n) is 4.39. The maximum absolute atomic E-state index is 11.7. The van der Waals surface area contributed by atoms with Gasteiger partial charge in [0.05, 0.1) is 17.9 Å². The number of halogens is 1. The number of hydrogen-bond donors (Lipinski definition) is 3. The van der Waals surface area contributed by atoms with E-state index in [1.54, 1.807) is 0 Å². The van der Waals surface area contributed by atoms with E-state index >= 15 is 0 Å². The van der Waals surface area contributed by atoms with E-state index in [9.17, 15) is 9.59 Å². The molecule has 2 aromatic rings. The average molecular weight is 471 g/mol. The molecule has 6 nitrogen and oxygen atoms in total. The summed E-state index contributed by atoms with van der Waals surface area (Å²) in [6.07, 6.45) is 2.93. The molecule has 32 heavy (non-hydrogen) atoms. The zero-order valence-electron chi connectivity index (χ0n) is 18.3. The van der Waals surface area contributed by atoms with Gasteiger partial charge in [-0.25, -0.2) is 0 Å². The maximum atomic E-state index is 11.7. The van der Waals surface area contributed by atoms with Crippen molar-refractivity contribution in [3.8, 4) is 0 Å². The van der Waals surface area contributed by atoms with Gasteiger partial charge in [-0.1, -0.05) is 23.7 Å². The van der Waals surface area contributed by atoms with E-state index < -0.39 is 0 Å². The maximum Gasteiger partial charge on any atom is 0.221 e. The summed E-state index contributed by atoms with van der Waals surface area (Å²) >= 11 is 8.13. The van der Waals surface area contributed by atoms with E-state index in [1.807, 2.05) is 48.2 Å². The molecule has 2 aromatic carbocycles. The molecule has 3 N–H and O–H groups in total. The highest BCUT2D eigenvalue weighted by atomic mass is 35.5. The standard InChI is InChI=1S/C24H27ClN4O2S/c1-15(30)27-21-11-18-13-24(6-8-32-9-7-24)23(26-14-17-4-3-5-19(25)10-17)29-20(18)12-22(21)28-16(2)31/h3-5,10-12H,6-9,13-14H2,1-2H3,(H,26,29)(H,27,30)(H,28,31). The molecule has 1 fully saturated rings. The molecule has 8 heteroatoms. The Kier molecular flexibility index (Phi) is 6.76. The van der Waals surface area contributed by atoms with Crippen molar-refractivity contribution in [3.05, 3.63) is 52.5 Å². The third kappa shape index (κ3) is 5.10. The molecular formula is C24H27ClN4O2S. The van der Waals surface area contributed by atoms with Crippen LogP contribution < -0.4 is 16.0 Å². The second kappa shape index (κ2) is 9.55. The first kappa shape index (κ1) is 22.7. The van der Waals surface area contributed by atoms with Crippen molar-refractivity contribution in [1.29, 1.82) is 0 Å². The van der Waals surface area contributed by atoms with Crippen LogP contribution in [0.1, 0.15) is 37.8 Å². The van der Waals surface area contributed by atoms with Gasteiger partial charge >= 0.3 is 0 Å². The highest BCUT2D eigenvalue weighted by Gasteiger charge is 2.41. The van der Waals surface area contributed by atoms with Crippen molar-refractivity contribution >= 4 is 58.1 Å². The van der Waals surface area contributed by atoms with E-state index in [4.69, 9.17) is 16.6 Å². The number of carbonyl (C=O) groups is 2. The molecule has 1 spiro atoms. The van der Waals surface area contributed by atoms with Gasteiger partial charge in [-0.05, 0) is 66.2 Å². The van der Waals surface area contributed by atoms with Crippen LogP contribution in [0, 0.1) is 5.41 Å². The number of amidine groups is 1. The number of thioether (sulfide) groups is 1.